The Kier molecular flexibility index (Phi) is 7.26. The summed E-state index contributed by atoms with van der Waals surface area (Å²) in [5.41, 5.74) is 13.3. The van der Waals surface area contributed by atoms with E-state index >= 15 is 0 Å². The van der Waals surface area contributed by atoms with Gasteiger partial charge in [0.05, 0.1) is 29.0 Å². The molecule has 200 valence electrons. The third-order valence-electron chi connectivity index (χ3n) is 6.95. The second-order valence-electron chi connectivity index (χ2n) is 9.51. The molecule has 0 aliphatic heterocycles. The molecule has 0 bridgehead atoms. The number of fused-ring (bicyclic) bond motifs is 2. The number of nitrogens with one attached hydrogen (secondary N) is 3. The minimum absolute atomic E-state index is 0.0657. The predicted octanol–water partition coefficient (Wildman–Crippen LogP) is 5.08. The van der Waals surface area contributed by atoms with Gasteiger partial charge in [-0.2, -0.15) is 5.10 Å². The molecule has 1 aliphatic carbocycles. The van der Waals surface area contributed by atoms with E-state index < -0.39 is 11.8 Å². The van der Waals surface area contributed by atoms with E-state index in [4.69, 9.17) is 20.4 Å². The van der Waals surface area contributed by atoms with Crippen molar-refractivity contribution in [2.45, 2.75) is 46.5 Å². The molecule has 0 spiro atoms. The van der Waals surface area contributed by atoms with Crippen molar-refractivity contribution < 1.29 is 23.2 Å². The maximum absolute atomic E-state index is 12.8. The maximum Gasteiger partial charge on any atom is 0.305 e. The van der Waals surface area contributed by atoms with Crippen molar-refractivity contribution in [2.24, 2.45) is 5.10 Å². The molecule has 3 amide bonds. The third-order valence-corrected chi connectivity index (χ3v) is 7.28. The highest BCUT2D eigenvalue weighted by atomic mass is 35.5. The Bertz CT molecular complexity index is 1650. The van der Waals surface area contributed by atoms with E-state index in [9.17, 15) is 14.4 Å². The van der Waals surface area contributed by atoms with Crippen LogP contribution in [-0.2, 0) is 17.6 Å². The molecule has 3 N–H and O–H groups in total. The number of amides is 3. The van der Waals surface area contributed by atoms with Crippen LogP contribution in [0.3, 0.4) is 0 Å². The average molecular weight is 547 g/mol. The second kappa shape index (κ2) is 10.8. The lowest BCUT2D eigenvalue weighted by Gasteiger charge is -2.13. The number of hydrogen-bond donors (Lipinski definition) is 3. The predicted molar refractivity (Wildman–Crippen MR) is 147 cm³/mol. The minimum Gasteiger partial charge on any atom is -0.464 e. The van der Waals surface area contributed by atoms with Gasteiger partial charge in [-0.25, -0.2) is 5.43 Å². The molecule has 2 aromatic carbocycles. The van der Waals surface area contributed by atoms with Crippen molar-refractivity contribution in [3.05, 3.63) is 92.6 Å². The normalized spacial score (nSPS) is 13.8. The molecular formula is C29H27ClN4O5. The van der Waals surface area contributed by atoms with Gasteiger partial charge >= 0.3 is 5.91 Å². The molecule has 39 heavy (non-hydrogen) atoms. The number of carbonyl (C=O) groups excluding carboxylic acids is 3. The van der Waals surface area contributed by atoms with Gasteiger partial charge < -0.3 is 8.83 Å². The number of rotatable bonds is 5. The quantitative estimate of drug-likeness (QED) is 0.301. The van der Waals surface area contributed by atoms with E-state index in [-0.39, 0.29) is 28.7 Å². The number of nitrogens with zero attached hydrogens (tertiary/aromatic N) is 1. The molecule has 5 rings (SSSR count). The van der Waals surface area contributed by atoms with Crippen LogP contribution < -0.4 is 16.3 Å². The smallest absolute Gasteiger partial charge is 0.305 e. The van der Waals surface area contributed by atoms with Gasteiger partial charge in [-0.3, -0.25) is 25.2 Å². The van der Waals surface area contributed by atoms with Crippen molar-refractivity contribution in [3.8, 4) is 0 Å². The van der Waals surface area contributed by atoms with Crippen LogP contribution >= 0.6 is 11.6 Å². The summed E-state index contributed by atoms with van der Waals surface area (Å²) < 4.78 is 11.6. The molecule has 2 aromatic heterocycles. The van der Waals surface area contributed by atoms with Gasteiger partial charge in [0.25, 0.3) is 5.91 Å². The Morgan fingerprint density at radius 1 is 0.974 bits per heavy atom. The molecule has 0 unspecified atom stereocenters. The number of carbonyl (C=O) groups is 3. The molecule has 0 fully saturated rings. The SMILES string of the molecule is Cc1ccc2c(CC(=O)N/N=C3\CCCc4oc(C(=O)NNC(=O)c5ccccc5Cl)c(C)c43)coc2c1C. The monoisotopic (exact) mass is 546 g/mol. The second-order valence-corrected chi connectivity index (χ2v) is 9.92. The van der Waals surface area contributed by atoms with Gasteiger partial charge in [0.15, 0.2) is 5.76 Å². The molecule has 4 aromatic rings. The van der Waals surface area contributed by atoms with Crippen LogP contribution in [0.2, 0.25) is 5.02 Å². The van der Waals surface area contributed by atoms with Crippen molar-refractivity contribution in [3.63, 3.8) is 0 Å². The van der Waals surface area contributed by atoms with Crippen LogP contribution in [0, 0.1) is 20.8 Å². The van der Waals surface area contributed by atoms with Gasteiger partial charge in [-0.1, -0.05) is 35.9 Å². The fraction of sp³-hybridized carbons (Fsp3) is 0.241. The number of halogens is 1. The van der Waals surface area contributed by atoms with E-state index in [1.54, 1.807) is 37.5 Å². The molecule has 0 saturated carbocycles. The Balaban J connectivity index is 1.28. The fourth-order valence-electron chi connectivity index (χ4n) is 4.75. The molecular weight excluding hydrogens is 520 g/mol. The standard InChI is InChI=1S/C29H27ClN4O5/c1-15-11-12-19-18(14-38-26(19)16(15)2)13-24(35)32-31-22-9-6-10-23-25(22)17(3)27(39-23)29(37)34-33-28(36)20-7-4-5-8-21(20)30/h4-5,7-8,11-12,14H,6,9-10,13H2,1-3H3,(H,32,35)(H,33,36)(H,34,37)/b31-22+. The van der Waals surface area contributed by atoms with Crippen LogP contribution in [0.4, 0.5) is 0 Å². The van der Waals surface area contributed by atoms with Crippen LogP contribution in [0.5, 0.6) is 0 Å². The summed E-state index contributed by atoms with van der Waals surface area (Å²) in [4.78, 5) is 38.0. The maximum atomic E-state index is 12.8. The lowest BCUT2D eigenvalue weighted by atomic mass is 9.93. The highest BCUT2D eigenvalue weighted by molar-refractivity contribution is 6.33. The van der Waals surface area contributed by atoms with Crippen LogP contribution in [0.25, 0.3) is 11.0 Å². The lowest BCUT2D eigenvalue weighted by Crippen LogP contribution is -2.41. The number of hydrazine groups is 1. The summed E-state index contributed by atoms with van der Waals surface area (Å²) in [7, 11) is 0. The first-order valence-corrected chi connectivity index (χ1v) is 12.9. The Labute approximate surface area is 229 Å². The minimum atomic E-state index is -0.608. The highest BCUT2D eigenvalue weighted by Gasteiger charge is 2.28. The summed E-state index contributed by atoms with van der Waals surface area (Å²) in [5.74, 6) is -0.763. The van der Waals surface area contributed by atoms with E-state index in [0.29, 0.717) is 35.4 Å². The summed E-state index contributed by atoms with van der Waals surface area (Å²) >= 11 is 6.05. The van der Waals surface area contributed by atoms with E-state index in [1.807, 2.05) is 26.0 Å². The number of aryl methyl sites for hydroxylation is 3. The zero-order chi connectivity index (χ0) is 27.7. The fourth-order valence-corrected chi connectivity index (χ4v) is 4.97. The van der Waals surface area contributed by atoms with Gasteiger partial charge in [-0.05, 0) is 56.9 Å². The van der Waals surface area contributed by atoms with Crippen LogP contribution in [-0.4, -0.2) is 23.4 Å². The van der Waals surface area contributed by atoms with Gasteiger partial charge in [0.2, 0.25) is 5.91 Å². The molecule has 0 saturated heterocycles. The Morgan fingerprint density at radius 3 is 2.54 bits per heavy atom. The number of hydrazone groups is 1. The summed E-state index contributed by atoms with van der Waals surface area (Å²) in [6.07, 6.45) is 3.72. The molecule has 1 aliphatic rings. The molecule has 2 heterocycles. The molecule has 0 radical (unpaired) electrons. The van der Waals surface area contributed by atoms with Crippen molar-refractivity contribution in [2.75, 3.05) is 0 Å². The van der Waals surface area contributed by atoms with E-state index in [0.717, 1.165) is 34.1 Å². The summed E-state index contributed by atoms with van der Waals surface area (Å²) in [6.45, 7) is 5.76. The first-order chi connectivity index (χ1) is 18.7. The topological polar surface area (TPSA) is 126 Å². The third kappa shape index (κ3) is 5.18. The zero-order valence-corrected chi connectivity index (χ0v) is 22.5. The number of hydrogen-bond acceptors (Lipinski definition) is 6. The zero-order valence-electron chi connectivity index (χ0n) is 21.7. The first-order valence-electron chi connectivity index (χ1n) is 12.5. The largest absolute Gasteiger partial charge is 0.464 e. The van der Waals surface area contributed by atoms with Gasteiger partial charge in [-0.15, -0.1) is 0 Å². The van der Waals surface area contributed by atoms with Crippen molar-refractivity contribution in [1.29, 1.82) is 0 Å². The van der Waals surface area contributed by atoms with Crippen molar-refractivity contribution >= 4 is 46.0 Å². The number of benzene rings is 2. The highest BCUT2D eigenvalue weighted by Crippen LogP contribution is 2.30. The van der Waals surface area contributed by atoms with Gasteiger partial charge in [0.1, 0.15) is 11.3 Å². The van der Waals surface area contributed by atoms with E-state index in [1.165, 1.54) is 0 Å². The Morgan fingerprint density at radius 2 is 1.74 bits per heavy atom. The van der Waals surface area contributed by atoms with Crippen molar-refractivity contribution in [1.82, 2.24) is 16.3 Å². The summed E-state index contributed by atoms with van der Waals surface area (Å²) in [5, 5.41) is 5.56. The van der Waals surface area contributed by atoms with Crippen LogP contribution in [0.15, 0.2) is 56.6 Å². The number of furan rings is 2. The Hall–Kier alpha value is -4.37. The molecule has 9 nitrogen and oxygen atoms in total. The average Bonchev–Trinajstić information content (AvgIpc) is 3.49. The lowest BCUT2D eigenvalue weighted by molar-refractivity contribution is -0.120. The molecule has 0 atom stereocenters. The van der Waals surface area contributed by atoms with E-state index in [2.05, 4.69) is 21.4 Å². The first kappa shape index (κ1) is 26.2. The van der Waals surface area contributed by atoms with Crippen LogP contribution in [0.1, 0.15) is 67.3 Å². The molecule has 10 heteroatoms. The summed E-state index contributed by atoms with van der Waals surface area (Å²) in [6, 6.07) is 10.5. The van der Waals surface area contributed by atoms with Gasteiger partial charge in [0, 0.05) is 28.5 Å².